The maximum absolute atomic E-state index is 12.0. The third-order valence-electron chi connectivity index (χ3n) is 4.20. The van der Waals surface area contributed by atoms with Crippen LogP contribution in [0.1, 0.15) is 30.0 Å². The third-order valence-corrected chi connectivity index (χ3v) is 4.20. The zero-order chi connectivity index (χ0) is 15.9. The Labute approximate surface area is 132 Å². The summed E-state index contributed by atoms with van der Waals surface area (Å²) in [6.07, 6.45) is 2.44. The number of nitrogens with zero attached hydrogens (tertiary/aromatic N) is 1. The molecule has 0 aliphatic carbocycles. The van der Waals surface area contributed by atoms with Gasteiger partial charge in [-0.2, -0.15) is 0 Å². The van der Waals surface area contributed by atoms with Crippen LogP contribution in [0.3, 0.4) is 0 Å². The lowest BCUT2D eigenvalue weighted by Crippen LogP contribution is -2.46. The second-order valence-corrected chi connectivity index (χ2v) is 5.98. The van der Waals surface area contributed by atoms with Gasteiger partial charge >= 0.3 is 0 Å². The van der Waals surface area contributed by atoms with Crippen LogP contribution >= 0.6 is 0 Å². The Morgan fingerprint density at radius 2 is 1.95 bits per heavy atom. The molecule has 5 nitrogen and oxygen atoms in total. The van der Waals surface area contributed by atoms with Gasteiger partial charge in [-0.15, -0.1) is 0 Å². The molecule has 0 aromatic heterocycles. The van der Waals surface area contributed by atoms with Gasteiger partial charge in [0.05, 0.1) is 12.6 Å². The molecule has 1 aromatic rings. The van der Waals surface area contributed by atoms with Crippen LogP contribution in [0.25, 0.3) is 0 Å². The maximum atomic E-state index is 12.0. The van der Waals surface area contributed by atoms with Gasteiger partial charge in [-0.05, 0) is 38.4 Å². The SMILES string of the molecule is COCC(N)C(=O)NCC(c1ccc(C)cc1)N1CCCC1. The molecule has 22 heavy (non-hydrogen) atoms. The van der Waals surface area contributed by atoms with Crippen molar-refractivity contribution in [1.29, 1.82) is 0 Å². The number of carbonyl (C=O) groups excluding carboxylic acids is 1. The minimum Gasteiger partial charge on any atom is -0.383 e. The maximum Gasteiger partial charge on any atom is 0.239 e. The van der Waals surface area contributed by atoms with Crippen LogP contribution in [0, 0.1) is 6.92 Å². The summed E-state index contributed by atoms with van der Waals surface area (Å²) in [5, 5.41) is 2.97. The molecule has 1 aliphatic heterocycles. The fourth-order valence-electron chi connectivity index (χ4n) is 2.88. The van der Waals surface area contributed by atoms with E-state index >= 15 is 0 Å². The Hall–Kier alpha value is -1.43. The second kappa shape index (κ2) is 8.27. The minimum atomic E-state index is -0.609. The van der Waals surface area contributed by atoms with Crippen LogP contribution in [-0.4, -0.2) is 50.2 Å². The van der Waals surface area contributed by atoms with Crippen molar-refractivity contribution in [3.63, 3.8) is 0 Å². The normalized spacial score (nSPS) is 18.1. The molecule has 1 aromatic carbocycles. The molecule has 0 bridgehead atoms. The van der Waals surface area contributed by atoms with E-state index < -0.39 is 6.04 Å². The number of rotatable bonds is 7. The van der Waals surface area contributed by atoms with E-state index in [1.165, 1.54) is 24.0 Å². The number of nitrogens with two attached hydrogens (primary N) is 1. The predicted molar refractivity (Wildman–Crippen MR) is 87.6 cm³/mol. The van der Waals surface area contributed by atoms with E-state index in [1.807, 2.05) is 0 Å². The Kier molecular flexibility index (Phi) is 6.36. The van der Waals surface area contributed by atoms with Gasteiger partial charge in [0.15, 0.2) is 0 Å². The Balaban J connectivity index is 2.02. The fourth-order valence-corrected chi connectivity index (χ4v) is 2.88. The quantitative estimate of drug-likeness (QED) is 0.795. The number of amides is 1. The van der Waals surface area contributed by atoms with Gasteiger partial charge in [0.1, 0.15) is 6.04 Å². The highest BCUT2D eigenvalue weighted by atomic mass is 16.5. The standard InChI is InChI=1S/C17H27N3O2/c1-13-5-7-14(8-6-13)16(20-9-3-4-10-20)11-19-17(21)15(18)12-22-2/h5-8,15-16H,3-4,9-12,18H2,1-2H3,(H,19,21). The summed E-state index contributed by atoms with van der Waals surface area (Å²) in [7, 11) is 1.55. The topological polar surface area (TPSA) is 67.6 Å². The number of likely N-dealkylation sites (tertiary alicyclic amines) is 1. The number of methoxy groups -OCH3 is 1. The molecule has 1 aliphatic rings. The zero-order valence-corrected chi connectivity index (χ0v) is 13.5. The Morgan fingerprint density at radius 3 is 2.55 bits per heavy atom. The van der Waals surface area contributed by atoms with Gasteiger partial charge in [-0.1, -0.05) is 29.8 Å². The van der Waals surface area contributed by atoms with E-state index in [0.29, 0.717) is 6.54 Å². The molecule has 2 rings (SSSR count). The molecule has 0 spiro atoms. The first-order valence-electron chi connectivity index (χ1n) is 7.94. The minimum absolute atomic E-state index is 0.154. The van der Waals surface area contributed by atoms with E-state index in [-0.39, 0.29) is 18.6 Å². The van der Waals surface area contributed by atoms with E-state index in [4.69, 9.17) is 10.5 Å². The molecule has 2 atom stereocenters. The molecule has 122 valence electrons. The largest absolute Gasteiger partial charge is 0.383 e. The first-order chi connectivity index (χ1) is 10.6. The van der Waals surface area contributed by atoms with Gasteiger partial charge in [-0.25, -0.2) is 0 Å². The van der Waals surface area contributed by atoms with E-state index in [2.05, 4.69) is 41.4 Å². The molecule has 0 saturated carbocycles. The molecule has 2 unspecified atom stereocenters. The van der Waals surface area contributed by atoms with E-state index in [0.717, 1.165) is 13.1 Å². The van der Waals surface area contributed by atoms with Crippen LogP contribution < -0.4 is 11.1 Å². The van der Waals surface area contributed by atoms with Crippen molar-refractivity contribution in [3.05, 3.63) is 35.4 Å². The van der Waals surface area contributed by atoms with Gasteiger partial charge in [0.25, 0.3) is 0 Å². The summed E-state index contributed by atoms with van der Waals surface area (Å²) in [4.78, 5) is 14.4. The monoisotopic (exact) mass is 305 g/mol. The van der Waals surface area contributed by atoms with E-state index in [9.17, 15) is 4.79 Å². The molecule has 5 heteroatoms. The number of nitrogens with one attached hydrogen (secondary N) is 1. The molecular weight excluding hydrogens is 278 g/mol. The third kappa shape index (κ3) is 4.53. The molecule has 1 amide bonds. The van der Waals surface area contributed by atoms with Crippen molar-refractivity contribution in [3.8, 4) is 0 Å². The number of hydrogen-bond acceptors (Lipinski definition) is 4. The number of ether oxygens (including phenoxy) is 1. The molecular formula is C17H27N3O2. The summed E-state index contributed by atoms with van der Waals surface area (Å²) in [5.41, 5.74) is 8.26. The van der Waals surface area contributed by atoms with Crippen molar-refractivity contribution in [2.24, 2.45) is 5.73 Å². The van der Waals surface area contributed by atoms with Crippen molar-refractivity contribution in [1.82, 2.24) is 10.2 Å². The zero-order valence-electron chi connectivity index (χ0n) is 13.5. The van der Waals surface area contributed by atoms with Crippen molar-refractivity contribution >= 4 is 5.91 Å². The molecule has 3 N–H and O–H groups in total. The highest BCUT2D eigenvalue weighted by molar-refractivity contribution is 5.81. The first-order valence-corrected chi connectivity index (χ1v) is 7.94. The number of benzene rings is 1. The van der Waals surface area contributed by atoms with Gasteiger partial charge in [0.2, 0.25) is 5.91 Å². The van der Waals surface area contributed by atoms with Crippen molar-refractivity contribution < 1.29 is 9.53 Å². The molecule has 1 heterocycles. The summed E-state index contributed by atoms with van der Waals surface area (Å²) in [6, 6.07) is 8.15. The summed E-state index contributed by atoms with van der Waals surface area (Å²) < 4.78 is 4.93. The Bertz CT molecular complexity index is 469. The highest BCUT2D eigenvalue weighted by Crippen LogP contribution is 2.24. The summed E-state index contributed by atoms with van der Waals surface area (Å²) in [6.45, 7) is 5.07. The number of aryl methyl sites for hydroxylation is 1. The fraction of sp³-hybridized carbons (Fsp3) is 0.588. The summed E-state index contributed by atoms with van der Waals surface area (Å²) in [5.74, 6) is -0.154. The van der Waals surface area contributed by atoms with Crippen molar-refractivity contribution in [2.45, 2.75) is 31.8 Å². The molecule has 1 saturated heterocycles. The highest BCUT2D eigenvalue weighted by Gasteiger charge is 2.24. The lowest BCUT2D eigenvalue weighted by atomic mass is 10.0. The van der Waals surface area contributed by atoms with Crippen LogP contribution in [0.2, 0.25) is 0 Å². The average molecular weight is 305 g/mol. The van der Waals surface area contributed by atoms with Crippen molar-refractivity contribution in [2.75, 3.05) is 33.4 Å². The van der Waals surface area contributed by atoms with Gasteiger partial charge in [-0.3, -0.25) is 9.69 Å². The predicted octanol–water partition coefficient (Wildman–Crippen LogP) is 1.22. The molecule has 1 fully saturated rings. The number of hydrogen-bond donors (Lipinski definition) is 2. The number of carbonyl (C=O) groups is 1. The second-order valence-electron chi connectivity index (χ2n) is 5.98. The first kappa shape index (κ1) is 16.9. The van der Waals surface area contributed by atoms with Crippen LogP contribution in [0.4, 0.5) is 0 Å². The van der Waals surface area contributed by atoms with Gasteiger partial charge < -0.3 is 15.8 Å². The average Bonchev–Trinajstić information content (AvgIpc) is 3.03. The van der Waals surface area contributed by atoms with Crippen LogP contribution in [0.15, 0.2) is 24.3 Å². The summed E-state index contributed by atoms with van der Waals surface area (Å²) >= 11 is 0. The Morgan fingerprint density at radius 1 is 1.32 bits per heavy atom. The lowest BCUT2D eigenvalue weighted by molar-refractivity contribution is -0.123. The lowest BCUT2D eigenvalue weighted by Gasteiger charge is -2.28. The molecule has 0 radical (unpaired) electrons. The van der Waals surface area contributed by atoms with Crippen LogP contribution in [0.5, 0.6) is 0 Å². The van der Waals surface area contributed by atoms with E-state index in [1.54, 1.807) is 7.11 Å². The van der Waals surface area contributed by atoms with Gasteiger partial charge in [0, 0.05) is 13.7 Å². The van der Waals surface area contributed by atoms with Crippen LogP contribution in [-0.2, 0) is 9.53 Å². The smallest absolute Gasteiger partial charge is 0.239 e.